The molecule has 8 nitrogen and oxygen atoms in total. The third kappa shape index (κ3) is 8.91. The van der Waals surface area contributed by atoms with Gasteiger partial charge in [0.15, 0.2) is 9.84 Å². The molecule has 0 aromatic heterocycles. The van der Waals surface area contributed by atoms with Crippen molar-refractivity contribution in [3.63, 3.8) is 0 Å². The lowest BCUT2D eigenvalue weighted by Crippen LogP contribution is -2.52. The van der Waals surface area contributed by atoms with Crippen LogP contribution in [0.25, 0.3) is 0 Å². The van der Waals surface area contributed by atoms with Gasteiger partial charge in [0.05, 0.1) is 4.90 Å². The minimum absolute atomic E-state index is 0.122. The van der Waals surface area contributed by atoms with Crippen LogP contribution in [-0.2, 0) is 37.7 Å². The number of carbonyl (C=O) groups excluding carboxylic acids is 1. The van der Waals surface area contributed by atoms with Gasteiger partial charge in [-0.2, -0.15) is 17.4 Å². The molecular weight excluding hydrogens is 522 g/mol. The fraction of sp³-hybridized carbons (Fsp3) is 0.250. The SMILES string of the molecule is CN(C)S(=O)(=O)N[C@@H](Cc1ccccc1)C(=O)N[C@H](C=CS(=O)(=O)c1ccccc1)CCc1ccccc1. The molecule has 0 radical (unpaired) electrons. The lowest BCUT2D eigenvalue weighted by atomic mass is 10.0. The summed E-state index contributed by atoms with van der Waals surface area (Å²) in [5.41, 5.74) is 1.80. The van der Waals surface area contributed by atoms with Gasteiger partial charge in [0.1, 0.15) is 6.04 Å². The van der Waals surface area contributed by atoms with E-state index >= 15 is 0 Å². The van der Waals surface area contributed by atoms with Gasteiger partial charge in [-0.05, 0) is 42.5 Å². The highest BCUT2D eigenvalue weighted by molar-refractivity contribution is 7.94. The molecular formula is C28H33N3O5S2. The molecule has 0 bridgehead atoms. The molecule has 3 aromatic rings. The van der Waals surface area contributed by atoms with Gasteiger partial charge in [0.25, 0.3) is 10.2 Å². The Morgan fingerprint density at radius 2 is 1.34 bits per heavy atom. The molecule has 3 rings (SSSR count). The summed E-state index contributed by atoms with van der Waals surface area (Å²) in [5, 5.41) is 3.95. The topological polar surface area (TPSA) is 113 Å². The van der Waals surface area contributed by atoms with Crippen LogP contribution in [0.5, 0.6) is 0 Å². The van der Waals surface area contributed by atoms with Crippen LogP contribution in [0.1, 0.15) is 17.5 Å². The van der Waals surface area contributed by atoms with Gasteiger partial charge in [-0.15, -0.1) is 0 Å². The molecule has 0 saturated carbocycles. The second-order valence-corrected chi connectivity index (χ2v) is 12.7. The highest BCUT2D eigenvalue weighted by Gasteiger charge is 2.27. The molecule has 0 fully saturated rings. The van der Waals surface area contributed by atoms with Gasteiger partial charge < -0.3 is 5.32 Å². The van der Waals surface area contributed by atoms with Crippen LogP contribution in [0.2, 0.25) is 0 Å². The average Bonchev–Trinajstić information content (AvgIpc) is 2.91. The fourth-order valence-electron chi connectivity index (χ4n) is 3.68. The van der Waals surface area contributed by atoms with Crippen molar-refractivity contribution >= 4 is 26.0 Å². The molecule has 2 N–H and O–H groups in total. The van der Waals surface area contributed by atoms with Crippen LogP contribution >= 0.6 is 0 Å². The molecule has 0 saturated heterocycles. The first-order valence-corrected chi connectivity index (χ1v) is 15.1. The van der Waals surface area contributed by atoms with E-state index in [1.807, 2.05) is 60.7 Å². The van der Waals surface area contributed by atoms with Crippen molar-refractivity contribution in [3.8, 4) is 0 Å². The number of benzene rings is 3. The largest absolute Gasteiger partial charge is 0.348 e. The normalized spacial score (nSPS) is 13.9. The van der Waals surface area contributed by atoms with Crippen LogP contribution in [0.15, 0.2) is 107 Å². The van der Waals surface area contributed by atoms with E-state index in [2.05, 4.69) is 10.0 Å². The Kier molecular flexibility index (Phi) is 10.4. The average molecular weight is 556 g/mol. The highest BCUT2D eigenvalue weighted by Crippen LogP contribution is 2.14. The maximum atomic E-state index is 13.4. The van der Waals surface area contributed by atoms with Crippen molar-refractivity contribution in [2.45, 2.75) is 36.2 Å². The summed E-state index contributed by atoms with van der Waals surface area (Å²) in [5.74, 6) is -0.556. The summed E-state index contributed by atoms with van der Waals surface area (Å²) >= 11 is 0. The first-order chi connectivity index (χ1) is 18.1. The van der Waals surface area contributed by atoms with Crippen LogP contribution in [0.4, 0.5) is 0 Å². The van der Waals surface area contributed by atoms with Crippen LogP contribution < -0.4 is 10.0 Å². The van der Waals surface area contributed by atoms with Gasteiger partial charge in [-0.25, -0.2) is 8.42 Å². The van der Waals surface area contributed by atoms with E-state index in [1.54, 1.807) is 18.2 Å². The molecule has 38 heavy (non-hydrogen) atoms. The summed E-state index contributed by atoms with van der Waals surface area (Å²) in [6.07, 6.45) is 2.56. The highest BCUT2D eigenvalue weighted by atomic mass is 32.2. The predicted octanol–water partition coefficient (Wildman–Crippen LogP) is 3.10. The minimum atomic E-state index is -3.92. The van der Waals surface area contributed by atoms with E-state index in [-0.39, 0.29) is 11.3 Å². The van der Waals surface area contributed by atoms with Crippen LogP contribution in [-0.4, -0.2) is 53.2 Å². The van der Waals surface area contributed by atoms with Crippen molar-refractivity contribution in [2.75, 3.05) is 14.1 Å². The molecule has 10 heteroatoms. The van der Waals surface area contributed by atoms with Crippen molar-refractivity contribution in [1.82, 2.24) is 14.3 Å². The molecule has 0 aliphatic heterocycles. The Morgan fingerprint density at radius 3 is 1.89 bits per heavy atom. The van der Waals surface area contributed by atoms with E-state index < -0.39 is 38.0 Å². The Hall–Kier alpha value is -3.31. The lowest BCUT2D eigenvalue weighted by molar-refractivity contribution is -0.123. The molecule has 0 aliphatic rings. The van der Waals surface area contributed by atoms with Gasteiger partial charge in [0.2, 0.25) is 5.91 Å². The quantitative estimate of drug-likeness (QED) is 0.337. The zero-order valence-corrected chi connectivity index (χ0v) is 23.0. The summed E-state index contributed by atoms with van der Waals surface area (Å²) in [7, 11) is -4.90. The number of carbonyl (C=O) groups is 1. The van der Waals surface area contributed by atoms with E-state index in [4.69, 9.17) is 0 Å². The number of aryl methyl sites for hydroxylation is 1. The molecule has 0 unspecified atom stereocenters. The molecule has 2 atom stereocenters. The van der Waals surface area contributed by atoms with Crippen molar-refractivity contribution in [3.05, 3.63) is 114 Å². The predicted molar refractivity (Wildman–Crippen MR) is 149 cm³/mol. The van der Waals surface area contributed by atoms with Gasteiger partial charge in [0, 0.05) is 25.5 Å². The molecule has 1 amide bonds. The van der Waals surface area contributed by atoms with Crippen molar-refractivity contribution < 1.29 is 21.6 Å². The minimum Gasteiger partial charge on any atom is -0.348 e. The van der Waals surface area contributed by atoms with Crippen molar-refractivity contribution in [1.29, 1.82) is 0 Å². The van der Waals surface area contributed by atoms with E-state index in [0.29, 0.717) is 12.8 Å². The molecule has 0 spiro atoms. The number of hydrogen-bond acceptors (Lipinski definition) is 5. The number of nitrogens with one attached hydrogen (secondary N) is 2. The first kappa shape index (κ1) is 29.2. The van der Waals surface area contributed by atoms with Crippen molar-refractivity contribution in [2.24, 2.45) is 0 Å². The Morgan fingerprint density at radius 1 is 0.816 bits per heavy atom. The number of rotatable bonds is 13. The molecule has 202 valence electrons. The van der Waals surface area contributed by atoms with Gasteiger partial charge in [-0.3, -0.25) is 4.79 Å². The molecule has 0 heterocycles. The number of nitrogens with zero attached hydrogens (tertiary/aromatic N) is 1. The lowest BCUT2D eigenvalue weighted by Gasteiger charge is -2.23. The van der Waals surface area contributed by atoms with Crippen LogP contribution in [0, 0.1) is 0 Å². The van der Waals surface area contributed by atoms with E-state index in [0.717, 1.165) is 20.8 Å². The number of amides is 1. The first-order valence-electron chi connectivity index (χ1n) is 12.1. The standard InChI is InChI=1S/C28H33N3O5S2/c1-31(2)38(35,36)30-27(22-24-14-8-4-9-15-24)28(32)29-25(19-18-23-12-6-3-7-13-23)20-21-37(33,34)26-16-10-5-11-17-26/h3-17,20-21,25,27,30H,18-19,22H2,1-2H3,(H,29,32)/t25-,27-/m0/s1. The summed E-state index contributed by atoms with van der Waals surface area (Å²) in [6.45, 7) is 0. The number of hydrogen-bond donors (Lipinski definition) is 2. The monoisotopic (exact) mass is 555 g/mol. The molecule has 3 aromatic carbocycles. The Labute approximate surface area is 225 Å². The molecule has 0 aliphatic carbocycles. The maximum absolute atomic E-state index is 13.4. The number of sulfone groups is 1. The fourth-order valence-corrected chi connectivity index (χ4v) is 5.53. The summed E-state index contributed by atoms with van der Waals surface area (Å²) < 4.78 is 54.3. The van der Waals surface area contributed by atoms with Crippen LogP contribution in [0.3, 0.4) is 0 Å². The zero-order valence-electron chi connectivity index (χ0n) is 21.4. The Bertz CT molecular complexity index is 1410. The second kappa shape index (κ2) is 13.5. The summed E-state index contributed by atoms with van der Waals surface area (Å²) in [4.78, 5) is 13.6. The smallest absolute Gasteiger partial charge is 0.279 e. The van der Waals surface area contributed by atoms with Gasteiger partial charge >= 0.3 is 0 Å². The Balaban J connectivity index is 1.85. The van der Waals surface area contributed by atoms with Gasteiger partial charge in [-0.1, -0.05) is 84.9 Å². The maximum Gasteiger partial charge on any atom is 0.279 e. The van der Waals surface area contributed by atoms with E-state index in [9.17, 15) is 21.6 Å². The zero-order chi connectivity index (χ0) is 27.6. The van der Waals surface area contributed by atoms with E-state index in [1.165, 1.54) is 32.3 Å². The third-order valence-electron chi connectivity index (χ3n) is 5.85. The third-order valence-corrected chi connectivity index (χ3v) is 8.84. The summed E-state index contributed by atoms with van der Waals surface area (Å²) in [6, 6.07) is 24.9. The second-order valence-electron chi connectivity index (χ2n) is 8.97.